The lowest BCUT2D eigenvalue weighted by molar-refractivity contribution is 0.995. The van der Waals surface area contributed by atoms with Crippen LogP contribution in [0.4, 0.5) is 0 Å². The normalized spacial score (nSPS) is 9.87. The summed E-state index contributed by atoms with van der Waals surface area (Å²) in [5.74, 6) is 0.917. The number of aromatic amines is 1. The second-order valence-corrected chi connectivity index (χ2v) is 3.18. The van der Waals surface area contributed by atoms with Gasteiger partial charge < -0.3 is 0 Å². The largest absolute Gasteiger partial charge is 0.262 e. The van der Waals surface area contributed by atoms with Gasteiger partial charge in [-0.05, 0) is 12.1 Å². The summed E-state index contributed by atoms with van der Waals surface area (Å²) in [6.07, 6.45) is 1.80. The van der Waals surface area contributed by atoms with Gasteiger partial charge in [0.2, 0.25) is 5.82 Å². The molecule has 0 radical (unpaired) electrons. The number of aromatic nitrogens is 4. The zero-order valence-electron chi connectivity index (χ0n) is 7.61. The zero-order chi connectivity index (χ0) is 10.7. The molecule has 2 heterocycles. The van der Waals surface area contributed by atoms with Crippen LogP contribution in [0.25, 0.3) is 11.5 Å². The van der Waals surface area contributed by atoms with Gasteiger partial charge in [-0.25, -0.2) is 4.98 Å². The number of hydrogen-bond donors (Lipinski definition) is 1. The summed E-state index contributed by atoms with van der Waals surface area (Å²) in [6.45, 7) is 0. The monoisotopic (exact) mass is 219 g/mol. The zero-order valence-corrected chi connectivity index (χ0v) is 8.36. The summed E-state index contributed by atoms with van der Waals surface area (Å²) < 4.78 is 0. The standard InChI is InChI=1S/C9H6ClN5/c10-6-2-1-5-12-8(6)9-13-7(3-4-11)14-15-9/h1-2,5H,3H2,(H,13,14,15). The molecule has 1 N–H and O–H groups in total. The van der Waals surface area contributed by atoms with Gasteiger partial charge in [-0.2, -0.15) is 10.4 Å². The van der Waals surface area contributed by atoms with E-state index in [-0.39, 0.29) is 6.42 Å². The van der Waals surface area contributed by atoms with Crippen molar-refractivity contribution in [2.75, 3.05) is 0 Å². The maximum atomic E-state index is 8.47. The minimum atomic E-state index is 0.192. The Morgan fingerprint density at radius 1 is 1.53 bits per heavy atom. The minimum Gasteiger partial charge on any atom is -0.262 e. The maximum Gasteiger partial charge on any atom is 0.201 e. The number of H-pyrrole nitrogens is 1. The van der Waals surface area contributed by atoms with Crippen molar-refractivity contribution in [2.45, 2.75) is 6.42 Å². The molecule has 0 bridgehead atoms. The van der Waals surface area contributed by atoms with Crippen LogP contribution in [-0.4, -0.2) is 20.2 Å². The third-order valence-electron chi connectivity index (χ3n) is 1.75. The molecule has 0 atom stereocenters. The number of nitriles is 1. The van der Waals surface area contributed by atoms with Crippen molar-refractivity contribution >= 4 is 11.6 Å². The third kappa shape index (κ3) is 1.95. The molecule has 0 aromatic carbocycles. The summed E-state index contributed by atoms with van der Waals surface area (Å²) in [5.41, 5.74) is 0.514. The lowest BCUT2D eigenvalue weighted by Gasteiger charge is -1.95. The Hall–Kier alpha value is -1.93. The van der Waals surface area contributed by atoms with Crippen LogP contribution in [0.5, 0.6) is 0 Å². The number of halogens is 1. The van der Waals surface area contributed by atoms with Gasteiger partial charge >= 0.3 is 0 Å². The van der Waals surface area contributed by atoms with E-state index >= 15 is 0 Å². The van der Waals surface area contributed by atoms with Crippen LogP contribution in [0, 0.1) is 11.3 Å². The van der Waals surface area contributed by atoms with E-state index in [9.17, 15) is 0 Å². The molecule has 0 amide bonds. The highest BCUT2D eigenvalue weighted by Crippen LogP contribution is 2.21. The first-order valence-electron chi connectivity index (χ1n) is 4.20. The number of rotatable bonds is 2. The topological polar surface area (TPSA) is 78.2 Å². The molecule has 0 aliphatic carbocycles. The first-order chi connectivity index (χ1) is 7.31. The number of pyridine rings is 1. The number of nitrogens with zero attached hydrogens (tertiary/aromatic N) is 4. The van der Waals surface area contributed by atoms with Crippen molar-refractivity contribution in [3.8, 4) is 17.6 Å². The highest BCUT2D eigenvalue weighted by atomic mass is 35.5. The van der Waals surface area contributed by atoms with Crippen molar-refractivity contribution in [1.82, 2.24) is 20.2 Å². The van der Waals surface area contributed by atoms with Crippen LogP contribution in [0.3, 0.4) is 0 Å². The van der Waals surface area contributed by atoms with Gasteiger partial charge in [0.25, 0.3) is 0 Å². The summed E-state index contributed by atoms with van der Waals surface area (Å²) in [6, 6.07) is 5.42. The molecule has 0 saturated heterocycles. The molecular weight excluding hydrogens is 214 g/mol. The molecule has 0 fully saturated rings. The van der Waals surface area contributed by atoms with Crippen LogP contribution < -0.4 is 0 Å². The molecule has 6 heteroatoms. The van der Waals surface area contributed by atoms with Gasteiger partial charge in [0, 0.05) is 6.20 Å². The first-order valence-corrected chi connectivity index (χ1v) is 4.58. The first kappa shape index (κ1) is 9.62. The summed E-state index contributed by atoms with van der Waals surface area (Å²) >= 11 is 5.92. The molecule has 5 nitrogen and oxygen atoms in total. The Kier molecular flexibility index (Phi) is 2.61. The Morgan fingerprint density at radius 3 is 3.13 bits per heavy atom. The third-order valence-corrected chi connectivity index (χ3v) is 2.05. The van der Waals surface area contributed by atoms with Crippen molar-refractivity contribution in [2.24, 2.45) is 0 Å². The SMILES string of the molecule is N#CCc1nc(-c2ncccc2Cl)n[nH]1. The number of nitrogens with one attached hydrogen (secondary N) is 1. The van der Waals surface area contributed by atoms with Crippen molar-refractivity contribution in [1.29, 1.82) is 5.26 Å². The van der Waals surface area contributed by atoms with Crippen molar-refractivity contribution in [3.63, 3.8) is 0 Å². The van der Waals surface area contributed by atoms with E-state index in [2.05, 4.69) is 20.2 Å². The van der Waals surface area contributed by atoms with Crippen LogP contribution in [0.15, 0.2) is 18.3 Å². The summed E-state index contributed by atoms with van der Waals surface area (Å²) in [5, 5.41) is 15.5. The van der Waals surface area contributed by atoms with E-state index in [1.54, 1.807) is 18.3 Å². The smallest absolute Gasteiger partial charge is 0.201 e. The molecule has 0 spiro atoms. The molecule has 74 valence electrons. The number of hydrogen-bond acceptors (Lipinski definition) is 4. The average molecular weight is 220 g/mol. The van der Waals surface area contributed by atoms with Crippen molar-refractivity contribution < 1.29 is 0 Å². The van der Waals surface area contributed by atoms with Gasteiger partial charge in [-0.15, -0.1) is 0 Å². The van der Waals surface area contributed by atoms with E-state index in [0.29, 0.717) is 22.4 Å². The molecule has 0 aliphatic heterocycles. The Labute approximate surface area is 90.8 Å². The highest BCUT2D eigenvalue weighted by Gasteiger charge is 2.09. The highest BCUT2D eigenvalue weighted by molar-refractivity contribution is 6.32. The van der Waals surface area contributed by atoms with Gasteiger partial charge in [-0.3, -0.25) is 10.1 Å². The van der Waals surface area contributed by atoms with Crippen LogP contribution in [0.2, 0.25) is 5.02 Å². The lowest BCUT2D eigenvalue weighted by atomic mass is 10.3. The van der Waals surface area contributed by atoms with Gasteiger partial charge in [0.05, 0.1) is 17.5 Å². The molecule has 0 saturated carbocycles. The minimum absolute atomic E-state index is 0.192. The van der Waals surface area contributed by atoms with E-state index < -0.39 is 0 Å². The Morgan fingerprint density at radius 2 is 2.40 bits per heavy atom. The molecule has 0 unspecified atom stereocenters. The predicted octanol–water partition coefficient (Wildman–Crippen LogP) is 1.59. The summed E-state index contributed by atoms with van der Waals surface area (Å²) in [7, 11) is 0. The van der Waals surface area contributed by atoms with Crippen molar-refractivity contribution in [3.05, 3.63) is 29.2 Å². The Bertz CT molecular complexity index is 513. The van der Waals surface area contributed by atoms with E-state index in [1.165, 1.54) is 0 Å². The fourth-order valence-electron chi connectivity index (χ4n) is 1.11. The lowest BCUT2D eigenvalue weighted by Crippen LogP contribution is -1.87. The van der Waals surface area contributed by atoms with E-state index in [1.807, 2.05) is 6.07 Å². The Balaban J connectivity index is 2.38. The molecular formula is C9H6ClN5. The van der Waals surface area contributed by atoms with Crippen LogP contribution in [-0.2, 0) is 6.42 Å². The molecule has 2 rings (SSSR count). The van der Waals surface area contributed by atoms with Gasteiger partial charge in [0.1, 0.15) is 11.5 Å². The molecule has 2 aromatic heterocycles. The van der Waals surface area contributed by atoms with E-state index in [0.717, 1.165) is 0 Å². The summed E-state index contributed by atoms with van der Waals surface area (Å²) in [4.78, 5) is 8.16. The molecule has 15 heavy (non-hydrogen) atoms. The van der Waals surface area contributed by atoms with Gasteiger partial charge in [0.15, 0.2) is 0 Å². The second-order valence-electron chi connectivity index (χ2n) is 2.77. The van der Waals surface area contributed by atoms with E-state index in [4.69, 9.17) is 16.9 Å². The fourth-order valence-corrected chi connectivity index (χ4v) is 1.31. The fraction of sp³-hybridized carbons (Fsp3) is 0.111. The molecule has 2 aromatic rings. The average Bonchev–Trinajstić information content (AvgIpc) is 2.68. The van der Waals surface area contributed by atoms with Crippen LogP contribution in [0.1, 0.15) is 5.82 Å². The predicted molar refractivity (Wildman–Crippen MR) is 53.9 cm³/mol. The van der Waals surface area contributed by atoms with Gasteiger partial charge in [-0.1, -0.05) is 11.6 Å². The quantitative estimate of drug-likeness (QED) is 0.832. The van der Waals surface area contributed by atoms with Crippen LogP contribution >= 0.6 is 11.6 Å². The second kappa shape index (κ2) is 4.07. The molecule has 0 aliphatic rings. The maximum absolute atomic E-state index is 8.47.